The molecule has 25 heavy (non-hydrogen) atoms. The number of thioether (sulfide) groups is 1. The number of amides is 1. The Balaban J connectivity index is 1.73. The van der Waals surface area contributed by atoms with Crippen molar-refractivity contribution in [2.45, 2.75) is 23.5 Å². The second-order valence-electron chi connectivity index (χ2n) is 5.70. The number of nitrogens with one attached hydrogen (secondary N) is 1. The highest BCUT2D eigenvalue weighted by atomic mass is 32.2. The molecule has 0 spiro atoms. The van der Waals surface area contributed by atoms with Crippen molar-refractivity contribution in [1.29, 1.82) is 0 Å². The van der Waals surface area contributed by atoms with Crippen molar-refractivity contribution in [2.24, 2.45) is 0 Å². The second kappa shape index (κ2) is 7.82. The number of carbonyl (C=O) groups excluding carboxylic acids is 1. The number of carbonyl (C=O) groups is 1. The number of alkyl halides is 2. The Kier molecular flexibility index (Phi) is 5.53. The maximum atomic E-state index is 14.1. The van der Waals surface area contributed by atoms with Crippen LogP contribution in [0.25, 0.3) is 0 Å². The molecule has 0 unspecified atom stereocenters. The molecular weight excluding hydrogens is 349 g/mol. The van der Waals surface area contributed by atoms with Gasteiger partial charge >= 0.3 is 0 Å². The first-order valence-corrected chi connectivity index (χ1v) is 8.78. The van der Waals surface area contributed by atoms with Gasteiger partial charge in [0.15, 0.2) is 0 Å². The standard InChI is InChI=1S/C18H17F3N2OS/c19-13-7-3-5-12-6-4-10-23(17(12)13)11-16(24)22-14-8-1-2-9-15(14)25-18(20)21/h1-3,5,7-9,18H,4,6,10-11H2,(H,22,24). The van der Waals surface area contributed by atoms with Crippen LogP contribution in [0, 0.1) is 5.82 Å². The largest absolute Gasteiger partial charge is 0.360 e. The number of hydrogen-bond donors (Lipinski definition) is 1. The summed E-state index contributed by atoms with van der Waals surface area (Å²) in [5.41, 5.74) is 1.68. The summed E-state index contributed by atoms with van der Waals surface area (Å²) in [4.78, 5) is 14.4. The van der Waals surface area contributed by atoms with Crippen molar-refractivity contribution in [2.75, 3.05) is 23.3 Å². The summed E-state index contributed by atoms with van der Waals surface area (Å²) in [7, 11) is 0. The van der Waals surface area contributed by atoms with E-state index in [0.717, 1.165) is 18.4 Å². The Hall–Kier alpha value is -2.15. The van der Waals surface area contributed by atoms with Crippen LogP contribution in [0.15, 0.2) is 47.4 Å². The maximum absolute atomic E-state index is 14.1. The summed E-state index contributed by atoms with van der Waals surface area (Å²) in [6.07, 6.45) is 1.61. The summed E-state index contributed by atoms with van der Waals surface area (Å²) in [5, 5.41) is 2.66. The van der Waals surface area contributed by atoms with Gasteiger partial charge in [0, 0.05) is 11.4 Å². The fourth-order valence-electron chi connectivity index (χ4n) is 2.98. The number of halogens is 3. The Morgan fingerprint density at radius 2 is 2.00 bits per heavy atom. The van der Waals surface area contributed by atoms with E-state index in [2.05, 4.69) is 5.32 Å². The topological polar surface area (TPSA) is 32.3 Å². The number of aryl methyl sites for hydroxylation is 1. The van der Waals surface area contributed by atoms with Gasteiger partial charge in [-0.05, 0) is 36.6 Å². The molecule has 1 amide bonds. The quantitative estimate of drug-likeness (QED) is 0.789. The molecule has 1 N–H and O–H groups in total. The van der Waals surface area contributed by atoms with Crippen molar-refractivity contribution in [3.05, 3.63) is 53.8 Å². The van der Waals surface area contributed by atoms with Crippen LogP contribution < -0.4 is 10.2 Å². The Morgan fingerprint density at radius 1 is 1.20 bits per heavy atom. The summed E-state index contributed by atoms with van der Waals surface area (Å²) in [6.45, 7) is 0.552. The highest BCUT2D eigenvalue weighted by molar-refractivity contribution is 7.99. The summed E-state index contributed by atoms with van der Waals surface area (Å²) in [5.74, 6) is -3.28. The number of anilines is 2. The van der Waals surface area contributed by atoms with Crippen LogP contribution in [0.3, 0.4) is 0 Å². The third kappa shape index (κ3) is 4.28. The number of rotatable bonds is 5. The summed E-state index contributed by atoms with van der Waals surface area (Å²) in [6, 6.07) is 11.3. The van der Waals surface area contributed by atoms with Gasteiger partial charge in [0.2, 0.25) is 5.91 Å². The zero-order valence-corrected chi connectivity index (χ0v) is 14.2. The van der Waals surface area contributed by atoms with Crippen molar-refractivity contribution in [1.82, 2.24) is 0 Å². The minimum absolute atomic E-state index is 0.0262. The third-order valence-corrected chi connectivity index (χ3v) is 4.76. The Labute approximate surface area is 148 Å². The third-order valence-electron chi connectivity index (χ3n) is 3.97. The van der Waals surface area contributed by atoms with E-state index >= 15 is 0 Å². The molecule has 0 fully saturated rings. The van der Waals surface area contributed by atoms with Crippen molar-refractivity contribution >= 4 is 29.0 Å². The predicted molar refractivity (Wildman–Crippen MR) is 93.9 cm³/mol. The minimum atomic E-state index is -2.57. The first-order valence-electron chi connectivity index (χ1n) is 7.90. The molecule has 132 valence electrons. The van der Waals surface area contributed by atoms with Crippen LogP contribution in [0.5, 0.6) is 0 Å². The monoisotopic (exact) mass is 366 g/mol. The minimum Gasteiger partial charge on any atom is -0.360 e. The lowest BCUT2D eigenvalue weighted by atomic mass is 10.0. The van der Waals surface area contributed by atoms with Gasteiger partial charge in [-0.2, -0.15) is 8.78 Å². The van der Waals surface area contributed by atoms with Crippen LogP contribution in [-0.2, 0) is 11.2 Å². The fourth-order valence-corrected chi connectivity index (χ4v) is 3.57. The molecule has 0 saturated heterocycles. The van der Waals surface area contributed by atoms with Gasteiger partial charge in [0.1, 0.15) is 5.82 Å². The van der Waals surface area contributed by atoms with Crippen LogP contribution in [0.2, 0.25) is 0 Å². The van der Waals surface area contributed by atoms with Gasteiger partial charge < -0.3 is 10.2 Å². The molecule has 3 nitrogen and oxygen atoms in total. The van der Waals surface area contributed by atoms with E-state index < -0.39 is 5.76 Å². The van der Waals surface area contributed by atoms with Gasteiger partial charge in [-0.3, -0.25) is 4.79 Å². The molecule has 1 aliphatic rings. The first-order chi connectivity index (χ1) is 12.0. The van der Waals surface area contributed by atoms with E-state index in [1.165, 1.54) is 12.1 Å². The summed E-state index contributed by atoms with van der Waals surface area (Å²) < 4.78 is 39.4. The predicted octanol–water partition coefficient (Wildman–Crippen LogP) is 4.53. The first kappa shape index (κ1) is 17.7. The van der Waals surface area contributed by atoms with Crippen molar-refractivity contribution in [3.63, 3.8) is 0 Å². The molecular formula is C18H17F3N2OS. The molecule has 0 saturated carbocycles. The van der Waals surface area contributed by atoms with E-state index in [4.69, 9.17) is 0 Å². The fraction of sp³-hybridized carbons (Fsp3) is 0.278. The molecule has 0 bridgehead atoms. The molecule has 3 rings (SSSR count). The van der Waals surface area contributed by atoms with Gasteiger partial charge in [-0.15, -0.1) is 0 Å². The zero-order chi connectivity index (χ0) is 17.8. The van der Waals surface area contributed by atoms with Gasteiger partial charge in [0.25, 0.3) is 5.76 Å². The van der Waals surface area contributed by atoms with Gasteiger partial charge in [-0.25, -0.2) is 4.39 Å². The van der Waals surface area contributed by atoms with E-state index in [1.54, 1.807) is 29.2 Å². The van der Waals surface area contributed by atoms with Crippen molar-refractivity contribution < 1.29 is 18.0 Å². The molecule has 7 heteroatoms. The lowest BCUT2D eigenvalue weighted by Gasteiger charge is -2.31. The number of para-hydroxylation sites is 2. The van der Waals surface area contributed by atoms with Crippen LogP contribution in [-0.4, -0.2) is 24.8 Å². The molecule has 2 aromatic rings. The molecule has 1 heterocycles. The normalized spacial score (nSPS) is 13.7. The number of hydrogen-bond acceptors (Lipinski definition) is 3. The SMILES string of the molecule is O=C(CN1CCCc2cccc(F)c21)Nc1ccccc1SC(F)F. The maximum Gasteiger partial charge on any atom is 0.288 e. The van der Waals surface area contributed by atoms with E-state index in [9.17, 15) is 18.0 Å². The lowest BCUT2D eigenvalue weighted by molar-refractivity contribution is -0.115. The van der Waals surface area contributed by atoms with E-state index in [0.29, 0.717) is 34.6 Å². The van der Waals surface area contributed by atoms with Crippen molar-refractivity contribution in [3.8, 4) is 0 Å². The molecule has 0 aromatic heterocycles. The van der Waals surface area contributed by atoms with Crippen LogP contribution in [0.4, 0.5) is 24.5 Å². The summed E-state index contributed by atoms with van der Waals surface area (Å²) >= 11 is 0.382. The molecule has 0 radical (unpaired) electrons. The smallest absolute Gasteiger partial charge is 0.288 e. The Bertz CT molecular complexity index is 770. The molecule has 1 aliphatic heterocycles. The van der Waals surface area contributed by atoms with E-state index in [1.807, 2.05) is 6.07 Å². The number of fused-ring (bicyclic) bond motifs is 1. The zero-order valence-electron chi connectivity index (χ0n) is 13.3. The van der Waals surface area contributed by atoms with Gasteiger partial charge in [-0.1, -0.05) is 36.0 Å². The highest BCUT2D eigenvalue weighted by Crippen LogP contribution is 2.32. The molecule has 2 aromatic carbocycles. The Morgan fingerprint density at radius 3 is 2.80 bits per heavy atom. The second-order valence-corrected chi connectivity index (χ2v) is 6.73. The molecule has 0 aliphatic carbocycles. The lowest BCUT2D eigenvalue weighted by Crippen LogP contribution is -2.37. The van der Waals surface area contributed by atoms with Gasteiger partial charge in [0.05, 0.1) is 17.9 Å². The molecule has 0 atom stereocenters. The van der Waals surface area contributed by atoms with E-state index in [-0.39, 0.29) is 18.3 Å². The highest BCUT2D eigenvalue weighted by Gasteiger charge is 2.22. The van der Waals surface area contributed by atoms with Crippen LogP contribution >= 0.6 is 11.8 Å². The number of nitrogens with zero attached hydrogens (tertiary/aromatic N) is 1. The number of benzene rings is 2. The van der Waals surface area contributed by atoms with Crippen LogP contribution in [0.1, 0.15) is 12.0 Å². The average molecular weight is 366 g/mol. The average Bonchev–Trinajstić information content (AvgIpc) is 2.56.